The number of aromatic nitrogens is 7. The van der Waals surface area contributed by atoms with Gasteiger partial charge in [0.25, 0.3) is 0 Å². The fourth-order valence-electron chi connectivity index (χ4n) is 2.90. The number of nitrogens with zero attached hydrogens (tertiary/aromatic N) is 7. The van der Waals surface area contributed by atoms with Gasteiger partial charge in [0.15, 0.2) is 5.65 Å². The highest BCUT2D eigenvalue weighted by Crippen LogP contribution is 2.19. The molecule has 0 amide bonds. The van der Waals surface area contributed by atoms with Crippen LogP contribution in [0.4, 0.5) is 0 Å². The molecule has 4 heterocycles. The van der Waals surface area contributed by atoms with Crippen LogP contribution in [0.15, 0.2) is 18.6 Å². The lowest BCUT2D eigenvalue weighted by Gasteiger charge is -2.22. The second-order valence-corrected chi connectivity index (χ2v) is 5.79. The second kappa shape index (κ2) is 5.45. The molecule has 8 heteroatoms. The average Bonchev–Trinajstić information content (AvgIpc) is 3.15. The van der Waals surface area contributed by atoms with E-state index in [2.05, 4.69) is 30.7 Å². The van der Waals surface area contributed by atoms with E-state index in [1.54, 1.807) is 17.1 Å². The molecule has 4 rings (SSSR count). The zero-order valence-electron chi connectivity index (χ0n) is 12.5. The van der Waals surface area contributed by atoms with Crippen molar-refractivity contribution in [3.8, 4) is 11.3 Å². The van der Waals surface area contributed by atoms with Gasteiger partial charge in [-0.25, -0.2) is 14.6 Å². The van der Waals surface area contributed by atoms with E-state index in [-0.39, 0.29) is 0 Å². The van der Waals surface area contributed by atoms with E-state index < -0.39 is 0 Å². The second-order valence-electron chi connectivity index (χ2n) is 5.79. The van der Waals surface area contributed by atoms with Crippen molar-refractivity contribution in [2.75, 3.05) is 13.1 Å². The molecular formula is C14H18N8. The number of hydrogen-bond donors (Lipinski definition) is 1. The van der Waals surface area contributed by atoms with Crippen LogP contribution in [0.3, 0.4) is 0 Å². The van der Waals surface area contributed by atoms with Crippen LogP contribution in [0, 0.1) is 5.92 Å². The fraction of sp³-hybridized carbons (Fsp3) is 0.500. The standard InChI is InChI=1S/C14H18N8/c1-21-9-11(6-17-21)12-7-16-13-14(18-12)22(20-19-13)8-10-3-2-4-15-5-10/h6-7,9-10,15H,2-5,8H2,1H3/t10-/m0/s1. The van der Waals surface area contributed by atoms with Crippen molar-refractivity contribution in [3.63, 3.8) is 0 Å². The number of nitrogens with one attached hydrogen (secondary N) is 1. The molecule has 1 N–H and O–H groups in total. The summed E-state index contributed by atoms with van der Waals surface area (Å²) in [7, 11) is 1.89. The zero-order valence-corrected chi connectivity index (χ0v) is 12.5. The van der Waals surface area contributed by atoms with Crippen molar-refractivity contribution in [2.24, 2.45) is 13.0 Å². The van der Waals surface area contributed by atoms with Gasteiger partial charge >= 0.3 is 0 Å². The lowest BCUT2D eigenvalue weighted by atomic mass is 10.00. The van der Waals surface area contributed by atoms with Gasteiger partial charge in [-0.2, -0.15) is 5.10 Å². The van der Waals surface area contributed by atoms with Gasteiger partial charge in [0.2, 0.25) is 5.65 Å². The smallest absolute Gasteiger partial charge is 0.221 e. The van der Waals surface area contributed by atoms with Crippen LogP contribution in [-0.4, -0.2) is 47.8 Å². The lowest BCUT2D eigenvalue weighted by molar-refractivity contribution is 0.325. The summed E-state index contributed by atoms with van der Waals surface area (Å²) >= 11 is 0. The Labute approximate surface area is 127 Å². The molecule has 0 bridgehead atoms. The van der Waals surface area contributed by atoms with E-state index in [1.165, 1.54) is 12.8 Å². The van der Waals surface area contributed by atoms with Gasteiger partial charge in [-0.15, -0.1) is 5.10 Å². The van der Waals surface area contributed by atoms with Crippen LogP contribution in [0.1, 0.15) is 12.8 Å². The Morgan fingerprint density at radius 1 is 1.36 bits per heavy atom. The van der Waals surface area contributed by atoms with Crippen molar-refractivity contribution < 1.29 is 0 Å². The Kier molecular flexibility index (Phi) is 3.30. The summed E-state index contributed by atoms with van der Waals surface area (Å²) in [5.41, 5.74) is 3.08. The SMILES string of the molecule is Cn1cc(-c2cnc3nnn(C[C@H]4CCCNC4)c3n2)cn1. The fourth-order valence-corrected chi connectivity index (χ4v) is 2.90. The van der Waals surface area contributed by atoms with Gasteiger partial charge in [-0.1, -0.05) is 5.21 Å². The Bertz CT molecular complexity index is 783. The largest absolute Gasteiger partial charge is 0.316 e. The van der Waals surface area contributed by atoms with E-state index in [0.717, 1.165) is 36.5 Å². The molecule has 114 valence electrons. The van der Waals surface area contributed by atoms with Gasteiger partial charge < -0.3 is 5.32 Å². The van der Waals surface area contributed by atoms with Crippen LogP contribution in [0.2, 0.25) is 0 Å². The van der Waals surface area contributed by atoms with Crippen LogP contribution >= 0.6 is 0 Å². The maximum Gasteiger partial charge on any atom is 0.221 e. The molecule has 0 aromatic carbocycles. The highest BCUT2D eigenvalue weighted by molar-refractivity contribution is 5.69. The molecule has 3 aromatic rings. The summed E-state index contributed by atoms with van der Waals surface area (Å²) < 4.78 is 3.63. The Morgan fingerprint density at radius 2 is 2.32 bits per heavy atom. The van der Waals surface area contributed by atoms with Gasteiger partial charge in [0, 0.05) is 25.4 Å². The molecule has 3 aromatic heterocycles. The third kappa shape index (κ3) is 2.45. The zero-order chi connectivity index (χ0) is 14.9. The Balaban J connectivity index is 1.67. The number of piperidine rings is 1. The maximum atomic E-state index is 4.69. The average molecular weight is 298 g/mol. The highest BCUT2D eigenvalue weighted by atomic mass is 15.5. The van der Waals surface area contributed by atoms with E-state index in [0.29, 0.717) is 11.6 Å². The molecule has 1 aliphatic heterocycles. The van der Waals surface area contributed by atoms with Crippen LogP contribution < -0.4 is 5.32 Å². The molecular weight excluding hydrogens is 280 g/mol. The Hall–Kier alpha value is -2.35. The van der Waals surface area contributed by atoms with E-state index in [4.69, 9.17) is 0 Å². The van der Waals surface area contributed by atoms with E-state index in [9.17, 15) is 0 Å². The lowest BCUT2D eigenvalue weighted by Crippen LogP contribution is -2.32. The molecule has 0 aliphatic carbocycles. The van der Waals surface area contributed by atoms with Crippen molar-refractivity contribution >= 4 is 11.3 Å². The molecule has 8 nitrogen and oxygen atoms in total. The summed E-state index contributed by atoms with van der Waals surface area (Å²) in [4.78, 5) is 9.06. The predicted molar refractivity (Wildman–Crippen MR) is 80.9 cm³/mol. The quantitative estimate of drug-likeness (QED) is 0.763. The first-order valence-corrected chi connectivity index (χ1v) is 7.55. The minimum atomic E-state index is 0.572. The first-order chi connectivity index (χ1) is 10.8. The highest BCUT2D eigenvalue weighted by Gasteiger charge is 2.17. The summed E-state index contributed by atoms with van der Waals surface area (Å²) in [5.74, 6) is 0.572. The monoisotopic (exact) mass is 298 g/mol. The topological polar surface area (TPSA) is 86.3 Å². The molecule has 1 atom stereocenters. The van der Waals surface area contributed by atoms with E-state index in [1.807, 2.05) is 17.9 Å². The van der Waals surface area contributed by atoms with E-state index >= 15 is 0 Å². The van der Waals surface area contributed by atoms with Gasteiger partial charge in [0.05, 0.1) is 18.1 Å². The van der Waals surface area contributed by atoms with Crippen molar-refractivity contribution in [2.45, 2.75) is 19.4 Å². The molecule has 1 saturated heterocycles. The minimum absolute atomic E-state index is 0.572. The number of rotatable bonds is 3. The maximum absolute atomic E-state index is 4.69. The van der Waals surface area contributed by atoms with Crippen molar-refractivity contribution in [3.05, 3.63) is 18.6 Å². The number of fused-ring (bicyclic) bond motifs is 1. The van der Waals surface area contributed by atoms with Gasteiger partial charge in [-0.05, 0) is 31.8 Å². The molecule has 1 aliphatic rings. The molecule has 0 spiro atoms. The predicted octanol–water partition coefficient (Wildman–Crippen LogP) is 0.621. The van der Waals surface area contributed by atoms with Gasteiger partial charge in [0.1, 0.15) is 0 Å². The molecule has 0 unspecified atom stereocenters. The third-order valence-electron chi connectivity index (χ3n) is 4.06. The normalized spacial score (nSPS) is 18.9. The first kappa shape index (κ1) is 13.3. The van der Waals surface area contributed by atoms with Crippen LogP contribution in [0.5, 0.6) is 0 Å². The first-order valence-electron chi connectivity index (χ1n) is 7.55. The van der Waals surface area contributed by atoms with Crippen molar-refractivity contribution in [1.82, 2.24) is 40.1 Å². The Morgan fingerprint density at radius 3 is 3.09 bits per heavy atom. The summed E-state index contributed by atoms with van der Waals surface area (Å²) in [5, 5.41) is 16.0. The molecule has 0 saturated carbocycles. The number of aryl methyl sites for hydroxylation is 1. The van der Waals surface area contributed by atoms with Crippen LogP contribution in [-0.2, 0) is 13.6 Å². The summed E-state index contributed by atoms with van der Waals surface area (Å²) in [6.45, 7) is 2.96. The minimum Gasteiger partial charge on any atom is -0.316 e. The van der Waals surface area contributed by atoms with Crippen molar-refractivity contribution in [1.29, 1.82) is 0 Å². The molecule has 1 fully saturated rings. The summed E-state index contributed by atoms with van der Waals surface area (Å²) in [6.07, 6.45) is 7.86. The van der Waals surface area contributed by atoms with Gasteiger partial charge in [-0.3, -0.25) is 4.68 Å². The number of hydrogen-bond acceptors (Lipinski definition) is 6. The molecule has 22 heavy (non-hydrogen) atoms. The summed E-state index contributed by atoms with van der Waals surface area (Å²) in [6, 6.07) is 0. The molecule has 0 radical (unpaired) electrons. The van der Waals surface area contributed by atoms with Crippen LogP contribution in [0.25, 0.3) is 22.6 Å². The third-order valence-corrected chi connectivity index (χ3v) is 4.06.